The molecule has 1 heterocycles. The van der Waals surface area contributed by atoms with E-state index in [2.05, 4.69) is 29.8 Å². The molecule has 0 bridgehead atoms. The third kappa shape index (κ3) is 2.57. The van der Waals surface area contributed by atoms with E-state index >= 15 is 0 Å². The largest absolute Gasteiger partial charge is 0.463 e. The zero-order valence-electron chi connectivity index (χ0n) is 17.5. The fourth-order valence-electron chi connectivity index (χ4n) is 8.42. The second-order valence-electron chi connectivity index (χ2n) is 10.7. The van der Waals surface area contributed by atoms with Crippen molar-refractivity contribution in [1.29, 1.82) is 0 Å². The van der Waals surface area contributed by atoms with Gasteiger partial charge in [0, 0.05) is 12.3 Å². The average molecular weight is 455 g/mol. The lowest BCUT2D eigenvalue weighted by atomic mass is 9.45. The Labute approximate surface area is 177 Å². The van der Waals surface area contributed by atoms with Gasteiger partial charge in [0.2, 0.25) is 0 Å². The van der Waals surface area contributed by atoms with E-state index in [9.17, 15) is 4.79 Å². The van der Waals surface area contributed by atoms with Crippen LogP contribution in [0.1, 0.15) is 72.1 Å². The van der Waals surface area contributed by atoms with E-state index in [-0.39, 0.29) is 17.5 Å². The molecule has 5 aliphatic rings. The standard InChI is InChI=1S/C23H35BrO4/c1-14(25)28-16-6-8-21(2)15(12-16)4-5-17-18(21)7-9-22(3)19(17)13-20(24)23(22)26-10-11-27-23/h15-20H,4-13H2,1-3H3. The first kappa shape index (κ1) is 19.8. The molecular formula is C23H35BrO4. The van der Waals surface area contributed by atoms with Gasteiger partial charge in [0.25, 0.3) is 0 Å². The zero-order chi connectivity index (χ0) is 19.7. The summed E-state index contributed by atoms with van der Waals surface area (Å²) < 4.78 is 18.3. The van der Waals surface area contributed by atoms with E-state index in [4.69, 9.17) is 14.2 Å². The number of hydrogen-bond acceptors (Lipinski definition) is 4. The van der Waals surface area contributed by atoms with Gasteiger partial charge in [0.15, 0.2) is 5.79 Å². The number of halogens is 1. The van der Waals surface area contributed by atoms with Gasteiger partial charge >= 0.3 is 5.97 Å². The van der Waals surface area contributed by atoms with E-state index in [1.165, 1.54) is 38.5 Å². The van der Waals surface area contributed by atoms with Crippen molar-refractivity contribution in [3.63, 3.8) is 0 Å². The Bertz CT molecular complexity index is 647. The van der Waals surface area contributed by atoms with Gasteiger partial charge in [-0.05, 0) is 80.5 Å². The number of carbonyl (C=O) groups is 1. The minimum atomic E-state index is -0.409. The van der Waals surface area contributed by atoms with Crippen LogP contribution < -0.4 is 0 Å². The first-order valence-electron chi connectivity index (χ1n) is 11.4. The van der Waals surface area contributed by atoms with Crippen LogP contribution in [0.5, 0.6) is 0 Å². The molecule has 0 aromatic carbocycles. The van der Waals surface area contributed by atoms with Crippen LogP contribution in [-0.2, 0) is 19.0 Å². The van der Waals surface area contributed by atoms with Crippen LogP contribution >= 0.6 is 15.9 Å². The van der Waals surface area contributed by atoms with Crippen LogP contribution in [0.2, 0.25) is 0 Å². The van der Waals surface area contributed by atoms with Gasteiger partial charge in [-0.3, -0.25) is 4.79 Å². The highest BCUT2D eigenvalue weighted by atomic mass is 79.9. The molecule has 0 aromatic rings. The predicted molar refractivity (Wildman–Crippen MR) is 110 cm³/mol. The average Bonchev–Trinajstić information content (AvgIpc) is 3.22. The van der Waals surface area contributed by atoms with Crippen molar-refractivity contribution in [1.82, 2.24) is 0 Å². The second kappa shape index (κ2) is 6.68. The molecule has 4 saturated carbocycles. The monoisotopic (exact) mass is 454 g/mol. The quantitative estimate of drug-likeness (QED) is 0.409. The maximum Gasteiger partial charge on any atom is 0.302 e. The molecule has 5 fully saturated rings. The van der Waals surface area contributed by atoms with Crippen molar-refractivity contribution in [2.75, 3.05) is 13.2 Å². The number of hydrogen-bond donors (Lipinski definition) is 0. The van der Waals surface area contributed by atoms with Crippen LogP contribution in [0.15, 0.2) is 0 Å². The maximum atomic E-state index is 11.4. The van der Waals surface area contributed by atoms with E-state index in [1.807, 2.05) is 0 Å². The Hall–Kier alpha value is -0.130. The summed E-state index contributed by atoms with van der Waals surface area (Å²) in [5.41, 5.74) is 0.521. The molecule has 5 heteroatoms. The SMILES string of the molecule is CC(=O)OC1CCC2(C)C(CCC3C2CCC2(C)C3CC(Br)C23OCCO3)C1. The third-order valence-electron chi connectivity index (χ3n) is 9.73. The van der Waals surface area contributed by atoms with Gasteiger partial charge in [0.05, 0.1) is 18.0 Å². The van der Waals surface area contributed by atoms with Crippen LogP contribution in [0.3, 0.4) is 0 Å². The van der Waals surface area contributed by atoms with E-state index in [1.54, 1.807) is 6.92 Å². The zero-order valence-corrected chi connectivity index (χ0v) is 19.1. The minimum Gasteiger partial charge on any atom is -0.463 e. The first-order chi connectivity index (χ1) is 13.3. The lowest BCUT2D eigenvalue weighted by Crippen LogP contribution is -2.58. The molecule has 0 aromatic heterocycles. The third-order valence-corrected chi connectivity index (χ3v) is 10.7. The van der Waals surface area contributed by atoms with Crippen molar-refractivity contribution in [2.24, 2.45) is 34.5 Å². The summed E-state index contributed by atoms with van der Waals surface area (Å²) >= 11 is 3.98. The molecule has 4 aliphatic carbocycles. The topological polar surface area (TPSA) is 44.8 Å². The number of fused-ring (bicyclic) bond motifs is 6. The molecule has 8 atom stereocenters. The molecule has 1 spiro atoms. The molecule has 0 radical (unpaired) electrons. The summed E-state index contributed by atoms with van der Waals surface area (Å²) in [4.78, 5) is 11.8. The molecule has 5 rings (SSSR count). The van der Waals surface area contributed by atoms with Gasteiger partial charge < -0.3 is 14.2 Å². The first-order valence-corrected chi connectivity index (χ1v) is 12.3. The lowest BCUT2D eigenvalue weighted by molar-refractivity contribution is -0.245. The Morgan fingerprint density at radius 2 is 1.75 bits per heavy atom. The van der Waals surface area contributed by atoms with E-state index < -0.39 is 5.79 Å². The van der Waals surface area contributed by atoms with Crippen LogP contribution in [0, 0.1) is 34.5 Å². The molecule has 8 unspecified atom stereocenters. The maximum absolute atomic E-state index is 11.4. The Kier molecular flexibility index (Phi) is 4.73. The van der Waals surface area contributed by atoms with Gasteiger partial charge in [-0.25, -0.2) is 0 Å². The number of esters is 1. The van der Waals surface area contributed by atoms with Crippen LogP contribution in [-0.4, -0.2) is 35.9 Å². The molecule has 0 N–H and O–H groups in total. The molecule has 4 nitrogen and oxygen atoms in total. The van der Waals surface area contributed by atoms with Gasteiger partial charge in [-0.1, -0.05) is 29.8 Å². The van der Waals surface area contributed by atoms with Crippen LogP contribution in [0.25, 0.3) is 0 Å². The normalized spacial score (nSPS) is 52.0. The summed E-state index contributed by atoms with van der Waals surface area (Å²) in [6.07, 6.45) is 9.71. The van der Waals surface area contributed by atoms with Gasteiger partial charge in [-0.15, -0.1) is 0 Å². The van der Waals surface area contributed by atoms with Gasteiger partial charge in [0.1, 0.15) is 6.10 Å². The Balaban J connectivity index is 1.39. The molecular weight excluding hydrogens is 420 g/mol. The highest BCUT2D eigenvalue weighted by Crippen LogP contribution is 2.70. The Morgan fingerprint density at radius 3 is 2.46 bits per heavy atom. The fraction of sp³-hybridized carbons (Fsp3) is 0.957. The lowest BCUT2D eigenvalue weighted by Gasteiger charge is -2.61. The van der Waals surface area contributed by atoms with Crippen molar-refractivity contribution >= 4 is 21.9 Å². The number of alkyl halides is 1. The van der Waals surface area contributed by atoms with Crippen molar-refractivity contribution in [2.45, 2.75) is 88.9 Å². The van der Waals surface area contributed by atoms with E-state index in [0.717, 1.165) is 37.9 Å². The number of ether oxygens (including phenoxy) is 3. The molecule has 0 amide bonds. The van der Waals surface area contributed by atoms with Crippen molar-refractivity contribution < 1.29 is 19.0 Å². The van der Waals surface area contributed by atoms with Crippen molar-refractivity contribution in [3.8, 4) is 0 Å². The molecule has 28 heavy (non-hydrogen) atoms. The van der Waals surface area contributed by atoms with Gasteiger partial charge in [-0.2, -0.15) is 0 Å². The second-order valence-corrected chi connectivity index (χ2v) is 11.8. The molecule has 1 aliphatic heterocycles. The molecule has 1 saturated heterocycles. The predicted octanol–water partition coefficient (Wildman–Crippen LogP) is 5.08. The number of rotatable bonds is 1. The highest BCUT2D eigenvalue weighted by molar-refractivity contribution is 9.09. The summed E-state index contributed by atoms with van der Waals surface area (Å²) in [5, 5.41) is 0. The summed E-state index contributed by atoms with van der Waals surface area (Å²) in [6, 6.07) is 0. The fourth-order valence-corrected chi connectivity index (χ4v) is 9.61. The minimum absolute atomic E-state index is 0.119. The molecule has 158 valence electrons. The Morgan fingerprint density at radius 1 is 1.00 bits per heavy atom. The summed E-state index contributed by atoms with van der Waals surface area (Å²) in [5.74, 6) is 2.42. The van der Waals surface area contributed by atoms with Crippen LogP contribution in [0.4, 0.5) is 0 Å². The highest BCUT2D eigenvalue weighted by Gasteiger charge is 2.70. The summed E-state index contributed by atoms with van der Waals surface area (Å²) in [7, 11) is 0. The van der Waals surface area contributed by atoms with E-state index in [0.29, 0.717) is 22.1 Å². The van der Waals surface area contributed by atoms with Crippen molar-refractivity contribution in [3.05, 3.63) is 0 Å². The smallest absolute Gasteiger partial charge is 0.302 e. The number of carbonyl (C=O) groups excluding carboxylic acids is 1. The summed E-state index contributed by atoms with van der Waals surface area (Å²) in [6.45, 7) is 8.02.